The van der Waals surface area contributed by atoms with Crippen LogP contribution >= 0.6 is 11.6 Å². The van der Waals surface area contributed by atoms with E-state index in [9.17, 15) is 0 Å². The topological polar surface area (TPSA) is 38.2 Å². The van der Waals surface area contributed by atoms with Crippen molar-refractivity contribution in [3.63, 3.8) is 0 Å². The summed E-state index contributed by atoms with van der Waals surface area (Å²) in [4.78, 5) is 11.3. The second kappa shape index (κ2) is 6.06. The highest BCUT2D eigenvalue weighted by atomic mass is 35.5. The minimum Gasteiger partial charge on any atom is -0.372 e. The van der Waals surface area contributed by atoms with Crippen LogP contribution in [0.25, 0.3) is 0 Å². The normalized spacial score (nSPS) is 24.0. The van der Waals surface area contributed by atoms with Crippen LogP contribution in [0.15, 0.2) is 6.20 Å². The minimum atomic E-state index is 0.219. The zero-order valence-electron chi connectivity index (χ0n) is 12.1. The Hall–Kier alpha value is -0.870. The fourth-order valence-electron chi connectivity index (χ4n) is 2.44. The molecule has 5 heteroatoms. The lowest BCUT2D eigenvalue weighted by Crippen LogP contribution is -2.46. The molecule has 1 aliphatic rings. The number of hydrogen-bond donors (Lipinski definition) is 0. The second-order valence-electron chi connectivity index (χ2n) is 5.51. The predicted octanol–water partition coefficient (Wildman–Crippen LogP) is 2.95. The molecule has 1 fully saturated rings. The molecule has 0 aromatic carbocycles. The van der Waals surface area contributed by atoms with Gasteiger partial charge in [0, 0.05) is 19.0 Å². The van der Waals surface area contributed by atoms with Gasteiger partial charge in [-0.3, -0.25) is 0 Å². The number of anilines is 1. The summed E-state index contributed by atoms with van der Waals surface area (Å²) in [5, 5.41) is 0. The van der Waals surface area contributed by atoms with Gasteiger partial charge in [0.1, 0.15) is 5.82 Å². The van der Waals surface area contributed by atoms with Crippen LogP contribution in [0.5, 0.6) is 0 Å². The van der Waals surface area contributed by atoms with Crippen LogP contribution in [0.1, 0.15) is 45.1 Å². The zero-order valence-corrected chi connectivity index (χ0v) is 12.8. The van der Waals surface area contributed by atoms with E-state index in [2.05, 4.69) is 42.6 Å². The van der Waals surface area contributed by atoms with E-state index in [1.54, 1.807) is 0 Å². The molecule has 1 aliphatic heterocycles. The van der Waals surface area contributed by atoms with Gasteiger partial charge < -0.3 is 9.64 Å². The average molecular weight is 284 g/mol. The molecule has 0 saturated carbocycles. The van der Waals surface area contributed by atoms with E-state index >= 15 is 0 Å². The zero-order chi connectivity index (χ0) is 14.0. The molecule has 1 aromatic heterocycles. The van der Waals surface area contributed by atoms with Crippen LogP contribution in [0.4, 0.5) is 5.69 Å². The van der Waals surface area contributed by atoms with Gasteiger partial charge in [-0.1, -0.05) is 13.8 Å². The first-order valence-electron chi connectivity index (χ1n) is 6.83. The summed E-state index contributed by atoms with van der Waals surface area (Å²) in [7, 11) is 0. The van der Waals surface area contributed by atoms with E-state index in [0.717, 1.165) is 30.3 Å². The smallest absolute Gasteiger partial charge is 0.131 e. The van der Waals surface area contributed by atoms with Crippen LogP contribution in [0.2, 0.25) is 0 Å². The Morgan fingerprint density at radius 1 is 1.37 bits per heavy atom. The number of aromatic nitrogens is 2. The van der Waals surface area contributed by atoms with Gasteiger partial charge in [0.05, 0.1) is 35.7 Å². The van der Waals surface area contributed by atoms with Crippen molar-refractivity contribution in [2.45, 2.75) is 51.7 Å². The number of morpholine rings is 1. The van der Waals surface area contributed by atoms with E-state index in [0.29, 0.717) is 11.8 Å². The first-order valence-corrected chi connectivity index (χ1v) is 7.37. The van der Waals surface area contributed by atoms with Crippen LogP contribution < -0.4 is 4.90 Å². The lowest BCUT2D eigenvalue weighted by atomic mass is 10.2. The summed E-state index contributed by atoms with van der Waals surface area (Å²) in [6, 6.07) is 0. The maximum atomic E-state index is 6.05. The number of ether oxygens (including phenoxy) is 1. The molecule has 19 heavy (non-hydrogen) atoms. The van der Waals surface area contributed by atoms with Crippen molar-refractivity contribution in [3.05, 3.63) is 17.7 Å². The fourth-order valence-corrected chi connectivity index (χ4v) is 2.64. The van der Waals surface area contributed by atoms with E-state index in [-0.39, 0.29) is 12.2 Å². The molecule has 2 rings (SSSR count). The SMILES string of the molecule is CC(C)c1ncc(N2C[C@@H](C)O[C@@H](C)C2)c(CCl)n1. The Morgan fingerprint density at radius 2 is 2.00 bits per heavy atom. The lowest BCUT2D eigenvalue weighted by molar-refractivity contribution is -0.00529. The first-order chi connectivity index (χ1) is 9.01. The standard InChI is InChI=1S/C14H22ClN3O/c1-9(2)14-16-6-13(12(5-15)17-14)18-7-10(3)19-11(4)8-18/h6,9-11H,5,7-8H2,1-4H3/t10-,11+. The molecule has 2 atom stereocenters. The summed E-state index contributed by atoms with van der Waals surface area (Å²) >= 11 is 6.05. The van der Waals surface area contributed by atoms with Crippen molar-refractivity contribution in [3.8, 4) is 0 Å². The molecule has 1 saturated heterocycles. The highest BCUT2D eigenvalue weighted by molar-refractivity contribution is 6.17. The van der Waals surface area contributed by atoms with Crippen molar-refractivity contribution >= 4 is 17.3 Å². The number of halogens is 1. The van der Waals surface area contributed by atoms with Crippen LogP contribution in [0.3, 0.4) is 0 Å². The Balaban J connectivity index is 2.28. The summed E-state index contributed by atoms with van der Waals surface area (Å²) in [6.45, 7) is 10.1. The van der Waals surface area contributed by atoms with Gasteiger partial charge in [-0.05, 0) is 13.8 Å². The molecule has 4 nitrogen and oxygen atoms in total. The third kappa shape index (κ3) is 3.37. The first kappa shape index (κ1) is 14.5. The Bertz CT molecular complexity index is 429. The molecular formula is C14H22ClN3O. The van der Waals surface area contributed by atoms with E-state index in [1.165, 1.54) is 0 Å². The molecule has 106 valence electrons. The average Bonchev–Trinajstić information content (AvgIpc) is 2.36. The van der Waals surface area contributed by atoms with Gasteiger partial charge >= 0.3 is 0 Å². The van der Waals surface area contributed by atoms with Crippen LogP contribution in [0, 0.1) is 0 Å². The molecule has 1 aromatic rings. The summed E-state index contributed by atoms with van der Waals surface area (Å²) in [5.41, 5.74) is 1.96. The third-order valence-electron chi connectivity index (χ3n) is 3.27. The van der Waals surface area contributed by atoms with Gasteiger partial charge in [-0.15, -0.1) is 11.6 Å². The van der Waals surface area contributed by atoms with Gasteiger partial charge in [0.25, 0.3) is 0 Å². The van der Waals surface area contributed by atoms with Gasteiger partial charge in [0.15, 0.2) is 0 Å². The molecule has 0 unspecified atom stereocenters. The van der Waals surface area contributed by atoms with Crippen molar-refractivity contribution in [1.82, 2.24) is 9.97 Å². The molecule has 2 heterocycles. The van der Waals surface area contributed by atoms with Crippen LogP contribution in [-0.4, -0.2) is 35.3 Å². The maximum absolute atomic E-state index is 6.05. The monoisotopic (exact) mass is 283 g/mol. The number of hydrogen-bond acceptors (Lipinski definition) is 4. The molecule has 0 N–H and O–H groups in total. The van der Waals surface area contributed by atoms with E-state index < -0.39 is 0 Å². The third-order valence-corrected chi connectivity index (χ3v) is 3.52. The fraction of sp³-hybridized carbons (Fsp3) is 0.714. The lowest BCUT2D eigenvalue weighted by Gasteiger charge is -2.37. The largest absolute Gasteiger partial charge is 0.372 e. The van der Waals surface area contributed by atoms with Crippen molar-refractivity contribution in [1.29, 1.82) is 0 Å². The summed E-state index contributed by atoms with van der Waals surface area (Å²) < 4.78 is 5.76. The molecule has 0 radical (unpaired) electrons. The molecule has 0 spiro atoms. The Labute approximate surface area is 120 Å². The second-order valence-corrected chi connectivity index (χ2v) is 5.78. The Kier molecular flexibility index (Phi) is 4.63. The number of alkyl halides is 1. The van der Waals surface area contributed by atoms with Crippen LogP contribution in [-0.2, 0) is 10.6 Å². The summed E-state index contributed by atoms with van der Waals surface area (Å²) in [6.07, 6.45) is 2.35. The predicted molar refractivity (Wildman–Crippen MR) is 77.9 cm³/mol. The van der Waals surface area contributed by atoms with Crippen molar-refractivity contribution in [2.75, 3.05) is 18.0 Å². The molecule has 0 amide bonds. The molecular weight excluding hydrogens is 262 g/mol. The Morgan fingerprint density at radius 3 is 2.53 bits per heavy atom. The van der Waals surface area contributed by atoms with Gasteiger partial charge in [-0.25, -0.2) is 9.97 Å². The maximum Gasteiger partial charge on any atom is 0.131 e. The molecule has 0 aliphatic carbocycles. The van der Waals surface area contributed by atoms with Gasteiger partial charge in [-0.2, -0.15) is 0 Å². The van der Waals surface area contributed by atoms with Crippen molar-refractivity contribution < 1.29 is 4.74 Å². The van der Waals surface area contributed by atoms with Crippen molar-refractivity contribution in [2.24, 2.45) is 0 Å². The molecule has 0 bridgehead atoms. The number of rotatable bonds is 3. The quantitative estimate of drug-likeness (QED) is 0.800. The van der Waals surface area contributed by atoms with E-state index in [1.807, 2.05) is 6.20 Å². The highest BCUT2D eigenvalue weighted by Crippen LogP contribution is 2.25. The minimum absolute atomic E-state index is 0.219. The number of nitrogens with zero attached hydrogens (tertiary/aromatic N) is 3. The highest BCUT2D eigenvalue weighted by Gasteiger charge is 2.24. The van der Waals surface area contributed by atoms with Gasteiger partial charge in [0.2, 0.25) is 0 Å². The summed E-state index contributed by atoms with van der Waals surface area (Å²) in [5.74, 6) is 1.59. The van der Waals surface area contributed by atoms with E-state index in [4.69, 9.17) is 16.3 Å².